The second kappa shape index (κ2) is 6.06. The summed E-state index contributed by atoms with van der Waals surface area (Å²) in [6.07, 6.45) is 0. The number of aliphatic imine (C=N–C) groups is 1. The minimum absolute atomic E-state index is 0.0647. The van der Waals surface area contributed by atoms with Crippen molar-refractivity contribution in [2.75, 3.05) is 16.8 Å². The van der Waals surface area contributed by atoms with Crippen LogP contribution in [0, 0.1) is 0 Å². The van der Waals surface area contributed by atoms with Gasteiger partial charge in [0.15, 0.2) is 22.5 Å². The fourth-order valence-corrected chi connectivity index (χ4v) is 1.59. The summed E-state index contributed by atoms with van der Waals surface area (Å²) in [6.45, 7) is 0. The van der Waals surface area contributed by atoms with Gasteiger partial charge in [-0.05, 0) is 12.1 Å². The number of rotatable bonds is 2. The van der Waals surface area contributed by atoms with Crippen LogP contribution in [0.2, 0.25) is 5.15 Å². The Kier molecular flexibility index (Phi) is 4.19. The molecule has 0 radical (unpaired) electrons. The van der Waals surface area contributed by atoms with Crippen LogP contribution >= 0.6 is 11.6 Å². The number of nitrogens with two attached hydrogens (primary N) is 3. The van der Waals surface area contributed by atoms with Gasteiger partial charge < -0.3 is 22.5 Å². The van der Waals surface area contributed by atoms with Crippen molar-refractivity contribution in [1.82, 2.24) is 9.97 Å². The maximum Gasteiger partial charge on any atom is 0.302 e. The fraction of sp³-hybridized carbons (Fsp3) is 0. The third-order valence-corrected chi connectivity index (χ3v) is 2.65. The number of nitrogens with one attached hydrogen (secondary N) is 1. The molecule has 0 atom stereocenters. The van der Waals surface area contributed by atoms with Gasteiger partial charge in [-0.3, -0.25) is 4.79 Å². The fourth-order valence-electron chi connectivity index (χ4n) is 1.46. The number of nitrogens with zero attached hydrogens (tertiary/aromatic N) is 3. The second-order valence-electron chi connectivity index (χ2n) is 3.93. The minimum Gasteiger partial charge on any atom is -0.382 e. The Balaban J connectivity index is 2.20. The third-order valence-electron chi connectivity index (χ3n) is 2.38. The van der Waals surface area contributed by atoms with Gasteiger partial charge in [0.05, 0.1) is 0 Å². The minimum atomic E-state index is -0.775. The summed E-state index contributed by atoms with van der Waals surface area (Å²) in [4.78, 5) is 23.0. The van der Waals surface area contributed by atoms with E-state index >= 15 is 0 Å². The van der Waals surface area contributed by atoms with Crippen molar-refractivity contribution in [2.24, 2.45) is 10.7 Å². The number of nitrogen functional groups attached to an aromatic ring is 2. The molecule has 0 spiro atoms. The Bertz CT molecular complexity index is 702. The van der Waals surface area contributed by atoms with Crippen LogP contribution < -0.4 is 22.5 Å². The molecule has 8 nitrogen and oxygen atoms in total. The van der Waals surface area contributed by atoms with Gasteiger partial charge in [0, 0.05) is 5.69 Å². The number of para-hydroxylation sites is 1. The van der Waals surface area contributed by atoms with Gasteiger partial charge in [0.2, 0.25) is 5.96 Å². The number of benzene rings is 1. The summed E-state index contributed by atoms with van der Waals surface area (Å²) in [7, 11) is 0. The Morgan fingerprint density at radius 1 is 1.14 bits per heavy atom. The first-order valence-electron chi connectivity index (χ1n) is 5.76. The predicted octanol–water partition coefficient (Wildman–Crippen LogP) is 0.861. The van der Waals surface area contributed by atoms with E-state index in [2.05, 4.69) is 20.3 Å². The lowest BCUT2D eigenvalue weighted by Crippen LogP contribution is -2.24. The van der Waals surface area contributed by atoms with Crippen molar-refractivity contribution >= 4 is 40.8 Å². The Morgan fingerprint density at radius 2 is 1.81 bits per heavy atom. The number of anilines is 3. The molecular formula is C12H12ClN7O. The van der Waals surface area contributed by atoms with Crippen molar-refractivity contribution in [1.29, 1.82) is 0 Å². The highest BCUT2D eigenvalue weighted by Crippen LogP contribution is 2.18. The van der Waals surface area contributed by atoms with Crippen LogP contribution in [-0.4, -0.2) is 21.8 Å². The topological polar surface area (TPSA) is 145 Å². The summed E-state index contributed by atoms with van der Waals surface area (Å²) in [5.74, 6) is -1.12. The van der Waals surface area contributed by atoms with Crippen LogP contribution in [0.5, 0.6) is 0 Å². The molecule has 0 aliphatic carbocycles. The van der Waals surface area contributed by atoms with E-state index in [-0.39, 0.29) is 28.4 Å². The van der Waals surface area contributed by atoms with Crippen LogP contribution in [0.4, 0.5) is 17.3 Å². The first kappa shape index (κ1) is 14.5. The van der Waals surface area contributed by atoms with Gasteiger partial charge in [-0.1, -0.05) is 29.8 Å². The van der Waals surface area contributed by atoms with E-state index in [1.807, 2.05) is 6.07 Å². The molecule has 2 rings (SSSR count). The summed E-state index contributed by atoms with van der Waals surface area (Å²) in [5.41, 5.74) is 17.1. The second-order valence-corrected chi connectivity index (χ2v) is 4.28. The maximum atomic E-state index is 11.9. The molecule has 1 aromatic heterocycles. The number of hydrogen-bond donors (Lipinski definition) is 4. The molecule has 1 heterocycles. The number of carbonyl (C=O) groups is 1. The lowest BCUT2D eigenvalue weighted by Gasteiger charge is -2.05. The van der Waals surface area contributed by atoms with Crippen molar-refractivity contribution in [3.8, 4) is 0 Å². The maximum absolute atomic E-state index is 11.9. The van der Waals surface area contributed by atoms with Crippen molar-refractivity contribution in [2.45, 2.75) is 0 Å². The molecule has 0 aliphatic heterocycles. The van der Waals surface area contributed by atoms with Crippen LogP contribution in [0.25, 0.3) is 0 Å². The molecular weight excluding hydrogens is 294 g/mol. The third kappa shape index (κ3) is 3.57. The SMILES string of the molecule is N/C(=N/C(=O)c1nc(Cl)c(N)nc1N)Nc1ccccc1. The first-order chi connectivity index (χ1) is 9.97. The van der Waals surface area contributed by atoms with Gasteiger partial charge in [0.1, 0.15) is 0 Å². The Morgan fingerprint density at radius 3 is 2.48 bits per heavy atom. The molecule has 7 N–H and O–H groups in total. The van der Waals surface area contributed by atoms with Crippen LogP contribution in [-0.2, 0) is 0 Å². The van der Waals surface area contributed by atoms with E-state index < -0.39 is 5.91 Å². The van der Waals surface area contributed by atoms with Gasteiger partial charge in [-0.25, -0.2) is 9.97 Å². The first-order valence-corrected chi connectivity index (χ1v) is 6.14. The largest absolute Gasteiger partial charge is 0.382 e. The highest BCUT2D eigenvalue weighted by atomic mass is 35.5. The smallest absolute Gasteiger partial charge is 0.302 e. The van der Waals surface area contributed by atoms with E-state index in [1.165, 1.54) is 0 Å². The highest BCUT2D eigenvalue weighted by molar-refractivity contribution is 6.31. The molecule has 0 fully saturated rings. The summed E-state index contributed by atoms with van der Waals surface area (Å²) < 4.78 is 0. The average Bonchev–Trinajstić information content (AvgIpc) is 2.43. The molecule has 9 heteroatoms. The average molecular weight is 306 g/mol. The monoisotopic (exact) mass is 305 g/mol. The van der Waals surface area contributed by atoms with E-state index in [4.69, 9.17) is 28.8 Å². The Hall–Kier alpha value is -2.87. The van der Waals surface area contributed by atoms with Crippen molar-refractivity contribution < 1.29 is 4.79 Å². The quantitative estimate of drug-likeness (QED) is 0.475. The number of amides is 1. The van der Waals surface area contributed by atoms with Crippen LogP contribution in [0.15, 0.2) is 35.3 Å². The number of carbonyl (C=O) groups excluding carboxylic acids is 1. The molecule has 1 amide bonds. The molecule has 1 aromatic carbocycles. The van der Waals surface area contributed by atoms with Gasteiger partial charge in [0.25, 0.3) is 0 Å². The molecule has 0 unspecified atom stereocenters. The molecule has 0 bridgehead atoms. The van der Waals surface area contributed by atoms with E-state index in [9.17, 15) is 4.79 Å². The summed E-state index contributed by atoms with van der Waals surface area (Å²) in [6, 6.07) is 8.99. The van der Waals surface area contributed by atoms with Crippen molar-refractivity contribution in [3.63, 3.8) is 0 Å². The number of guanidine groups is 1. The molecule has 0 aliphatic rings. The number of aromatic nitrogens is 2. The van der Waals surface area contributed by atoms with Gasteiger partial charge in [-0.2, -0.15) is 4.99 Å². The molecule has 21 heavy (non-hydrogen) atoms. The number of hydrogen-bond acceptors (Lipinski definition) is 5. The van der Waals surface area contributed by atoms with Crippen LogP contribution in [0.1, 0.15) is 10.5 Å². The lowest BCUT2D eigenvalue weighted by molar-refractivity contribution is 0.0999. The lowest BCUT2D eigenvalue weighted by atomic mass is 10.3. The molecule has 0 saturated carbocycles. The zero-order chi connectivity index (χ0) is 15.4. The van der Waals surface area contributed by atoms with Crippen molar-refractivity contribution in [3.05, 3.63) is 41.2 Å². The van der Waals surface area contributed by atoms with E-state index in [0.717, 1.165) is 0 Å². The standard InChI is InChI=1S/C12H12ClN7O/c13-8-10(15)19-9(14)7(18-8)11(21)20-12(16)17-6-4-2-1-3-5-6/h1-5H,(H4,14,15,19)(H3,16,17,20,21). The summed E-state index contributed by atoms with van der Waals surface area (Å²) >= 11 is 5.69. The van der Waals surface area contributed by atoms with Gasteiger partial charge in [-0.15, -0.1) is 0 Å². The molecule has 0 saturated heterocycles. The predicted molar refractivity (Wildman–Crippen MR) is 81.9 cm³/mol. The van der Waals surface area contributed by atoms with Gasteiger partial charge >= 0.3 is 5.91 Å². The Labute approximate surface area is 125 Å². The molecule has 108 valence electrons. The summed E-state index contributed by atoms with van der Waals surface area (Å²) in [5, 5.41) is 2.62. The number of halogens is 1. The highest BCUT2D eigenvalue weighted by Gasteiger charge is 2.15. The normalized spacial score (nSPS) is 11.2. The van der Waals surface area contributed by atoms with E-state index in [1.54, 1.807) is 24.3 Å². The van der Waals surface area contributed by atoms with E-state index in [0.29, 0.717) is 5.69 Å². The van der Waals surface area contributed by atoms with Crippen LogP contribution in [0.3, 0.4) is 0 Å². The zero-order valence-corrected chi connectivity index (χ0v) is 11.5. The molecule has 2 aromatic rings. The zero-order valence-electron chi connectivity index (χ0n) is 10.7.